The number of rotatable bonds is 4. The zero-order valence-corrected chi connectivity index (χ0v) is 10.4. The number of ether oxygens (including phenoxy) is 1. The first-order valence-electron chi connectivity index (χ1n) is 5.40. The van der Waals surface area contributed by atoms with Crippen LogP contribution in [0.3, 0.4) is 0 Å². The highest BCUT2D eigenvalue weighted by molar-refractivity contribution is 5.91. The fraction of sp³-hybridized carbons (Fsp3) is 0.417. The normalized spacial score (nSPS) is 11.7. The Balaban J connectivity index is 2.92. The Kier molecular flexibility index (Phi) is 4.88. The number of nitrogens with zero attached hydrogens (tertiary/aromatic N) is 1. The average molecular weight is 279 g/mol. The standard InChI is InChI=1S/C12H13F4NO2/c1-17(2)5-6-19-11(18)9-7-8(13)3-4-10(9)12(14,15)16/h3-4,7H,5-6H2,1-2H3. The van der Waals surface area contributed by atoms with Gasteiger partial charge in [-0.25, -0.2) is 9.18 Å². The fourth-order valence-corrected chi connectivity index (χ4v) is 1.33. The molecule has 0 aliphatic rings. The quantitative estimate of drug-likeness (QED) is 0.626. The van der Waals surface area contributed by atoms with Crippen molar-refractivity contribution < 1.29 is 27.1 Å². The van der Waals surface area contributed by atoms with E-state index in [2.05, 4.69) is 4.74 Å². The minimum absolute atomic E-state index is 0.0698. The second-order valence-electron chi connectivity index (χ2n) is 4.13. The summed E-state index contributed by atoms with van der Waals surface area (Å²) in [5.74, 6) is -2.11. The van der Waals surface area contributed by atoms with Crippen LogP contribution in [0.2, 0.25) is 0 Å². The van der Waals surface area contributed by atoms with Gasteiger partial charge in [0.05, 0.1) is 11.1 Å². The number of alkyl halides is 3. The maximum absolute atomic E-state index is 13.0. The predicted molar refractivity (Wildman–Crippen MR) is 60.2 cm³/mol. The van der Waals surface area contributed by atoms with Crippen LogP contribution < -0.4 is 0 Å². The molecular formula is C12H13F4NO2. The summed E-state index contributed by atoms with van der Waals surface area (Å²) in [7, 11) is 3.44. The van der Waals surface area contributed by atoms with E-state index in [4.69, 9.17) is 0 Å². The van der Waals surface area contributed by atoms with Crippen molar-refractivity contribution in [1.82, 2.24) is 4.90 Å². The number of likely N-dealkylation sites (N-methyl/N-ethyl adjacent to an activating group) is 1. The molecule has 0 radical (unpaired) electrons. The first-order valence-corrected chi connectivity index (χ1v) is 5.40. The van der Waals surface area contributed by atoms with Gasteiger partial charge in [0.25, 0.3) is 0 Å². The van der Waals surface area contributed by atoms with E-state index in [1.165, 1.54) is 0 Å². The van der Waals surface area contributed by atoms with Gasteiger partial charge in [-0.3, -0.25) is 0 Å². The largest absolute Gasteiger partial charge is 0.461 e. The van der Waals surface area contributed by atoms with Gasteiger partial charge >= 0.3 is 12.1 Å². The van der Waals surface area contributed by atoms with Gasteiger partial charge in [-0.15, -0.1) is 0 Å². The Morgan fingerprint density at radius 1 is 1.32 bits per heavy atom. The van der Waals surface area contributed by atoms with E-state index in [0.29, 0.717) is 24.7 Å². The van der Waals surface area contributed by atoms with Crippen molar-refractivity contribution in [3.05, 3.63) is 35.1 Å². The van der Waals surface area contributed by atoms with E-state index in [1.54, 1.807) is 19.0 Å². The van der Waals surface area contributed by atoms with Gasteiger partial charge in [-0.1, -0.05) is 0 Å². The molecule has 0 saturated heterocycles. The Bertz CT molecular complexity index is 458. The molecule has 0 heterocycles. The van der Waals surface area contributed by atoms with Crippen LogP contribution in [0.5, 0.6) is 0 Å². The summed E-state index contributed by atoms with van der Waals surface area (Å²) in [6, 6.07) is 1.71. The van der Waals surface area contributed by atoms with Crippen LogP contribution in [0.25, 0.3) is 0 Å². The highest BCUT2D eigenvalue weighted by Crippen LogP contribution is 2.32. The second-order valence-corrected chi connectivity index (χ2v) is 4.13. The minimum Gasteiger partial charge on any atom is -0.461 e. The van der Waals surface area contributed by atoms with Gasteiger partial charge in [-0.2, -0.15) is 13.2 Å². The molecule has 1 aromatic carbocycles. The second kappa shape index (κ2) is 6.01. The van der Waals surface area contributed by atoms with Crippen molar-refractivity contribution >= 4 is 5.97 Å². The number of hydrogen-bond acceptors (Lipinski definition) is 3. The predicted octanol–water partition coefficient (Wildman–Crippen LogP) is 2.56. The molecule has 106 valence electrons. The molecule has 7 heteroatoms. The summed E-state index contributed by atoms with van der Waals surface area (Å²) < 4.78 is 55.6. The van der Waals surface area contributed by atoms with Gasteiger partial charge in [0.1, 0.15) is 12.4 Å². The van der Waals surface area contributed by atoms with Crippen molar-refractivity contribution in [3.8, 4) is 0 Å². The molecule has 0 saturated carbocycles. The summed E-state index contributed by atoms with van der Waals surface area (Å²) in [6.07, 6.45) is -4.73. The van der Waals surface area contributed by atoms with Gasteiger partial charge in [-0.05, 0) is 32.3 Å². The van der Waals surface area contributed by atoms with E-state index in [9.17, 15) is 22.4 Å². The van der Waals surface area contributed by atoms with Crippen LogP contribution in [0, 0.1) is 5.82 Å². The molecule has 0 atom stereocenters. The molecule has 0 bridgehead atoms. The van der Waals surface area contributed by atoms with E-state index >= 15 is 0 Å². The molecule has 0 aromatic heterocycles. The van der Waals surface area contributed by atoms with Crippen molar-refractivity contribution in [2.24, 2.45) is 0 Å². The summed E-state index contributed by atoms with van der Waals surface area (Å²) >= 11 is 0. The van der Waals surface area contributed by atoms with Gasteiger partial charge in [0, 0.05) is 6.54 Å². The van der Waals surface area contributed by atoms with Crippen LogP contribution in [-0.2, 0) is 10.9 Å². The van der Waals surface area contributed by atoms with Crippen LogP contribution in [-0.4, -0.2) is 38.1 Å². The van der Waals surface area contributed by atoms with E-state index in [1.807, 2.05) is 0 Å². The van der Waals surface area contributed by atoms with Gasteiger partial charge < -0.3 is 9.64 Å². The van der Waals surface area contributed by atoms with Crippen molar-refractivity contribution in [2.75, 3.05) is 27.2 Å². The summed E-state index contributed by atoms with van der Waals surface area (Å²) in [5, 5.41) is 0. The maximum Gasteiger partial charge on any atom is 0.417 e. The van der Waals surface area contributed by atoms with Crippen molar-refractivity contribution in [2.45, 2.75) is 6.18 Å². The summed E-state index contributed by atoms with van der Waals surface area (Å²) in [5.41, 5.74) is -2.02. The first-order chi connectivity index (χ1) is 8.71. The fourth-order valence-electron chi connectivity index (χ4n) is 1.33. The lowest BCUT2D eigenvalue weighted by atomic mass is 10.1. The third-order valence-corrected chi connectivity index (χ3v) is 2.28. The molecule has 0 fully saturated rings. The topological polar surface area (TPSA) is 29.5 Å². The average Bonchev–Trinajstić information content (AvgIpc) is 2.26. The molecule has 0 N–H and O–H groups in total. The Morgan fingerprint density at radius 3 is 2.47 bits per heavy atom. The summed E-state index contributed by atoms with van der Waals surface area (Å²) in [6.45, 7) is 0.294. The number of carbonyl (C=O) groups is 1. The monoisotopic (exact) mass is 279 g/mol. The number of carbonyl (C=O) groups excluding carboxylic acids is 1. The highest BCUT2D eigenvalue weighted by atomic mass is 19.4. The molecule has 0 aliphatic carbocycles. The number of esters is 1. The molecular weight excluding hydrogens is 266 g/mol. The number of hydrogen-bond donors (Lipinski definition) is 0. The lowest BCUT2D eigenvalue weighted by molar-refractivity contribution is -0.138. The van der Waals surface area contributed by atoms with E-state index < -0.39 is 29.1 Å². The zero-order valence-electron chi connectivity index (χ0n) is 10.4. The van der Waals surface area contributed by atoms with Crippen molar-refractivity contribution in [1.29, 1.82) is 0 Å². The van der Waals surface area contributed by atoms with Gasteiger partial charge in [0.2, 0.25) is 0 Å². The minimum atomic E-state index is -4.73. The maximum atomic E-state index is 13.0. The molecule has 1 rings (SSSR count). The molecule has 19 heavy (non-hydrogen) atoms. The molecule has 0 aliphatic heterocycles. The first kappa shape index (κ1) is 15.4. The van der Waals surface area contributed by atoms with Crippen LogP contribution in [0.1, 0.15) is 15.9 Å². The molecule has 1 aromatic rings. The zero-order chi connectivity index (χ0) is 14.6. The van der Waals surface area contributed by atoms with E-state index in [-0.39, 0.29) is 6.61 Å². The molecule has 0 amide bonds. The molecule has 0 unspecified atom stereocenters. The van der Waals surface area contributed by atoms with E-state index in [0.717, 1.165) is 0 Å². The third-order valence-electron chi connectivity index (χ3n) is 2.28. The van der Waals surface area contributed by atoms with Crippen LogP contribution in [0.4, 0.5) is 17.6 Å². The smallest absolute Gasteiger partial charge is 0.417 e. The Labute approximate surface area is 107 Å². The third kappa shape index (κ3) is 4.51. The highest BCUT2D eigenvalue weighted by Gasteiger charge is 2.35. The van der Waals surface area contributed by atoms with Gasteiger partial charge in [0.15, 0.2) is 0 Å². The lowest BCUT2D eigenvalue weighted by Crippen LogP contribution is -2.21. The summed E-state index contributed by atoms with van der Waals surface area (Å²) in [4.78, 5) is 13.2. The SMILES string of the molecule is CN(C)CCOC(=O)c1cc(F)ccc1C(F)(F)F. The van der Waals surface area contributed by atoms with Crippen LogP contribution in [0.15, 0.2) is 18.2 Å². The Morgan fingerprint density at radius 2 is 1.95 bits per heavy atom. The lowest BCUT2D eigenvalue weighted by Gasteiger charge is -2.13. The number of benzene rings is 1. The molecule has 3 nitrogen and oxygen atoms in total. The van der Waals surface area contributed by atoms with Crippen LogP contribution >= 0.6 is 0 Å². The Hall–Kier alpha value is -1.63. The molecule has 0 spiro atoms. The van der Waals surface area contributed by atoms with Crippen molar-refractivity contribution in [3.63, 3.8) is 0 Å². The number of halogens is 4.